The van der Waals surface area contributed by atoms with Crippen molar-refractivity contribution in [2.24, 2.45) is 0 Å². The molecule has 0 aliphatic rings. The lowest BCUT2D eigenvalue weighted by Crippen LogP contribution is -2.30. The van der Waals surface area contributed by atoms with E-state index in [1.807, 2.05) is 18.2 Å². The number of benzene rings is 1. The van der Waals surface area contributed by atoms with E-state index in [0.717, 1.165) is 10.0 Å². The largest absolute Gasteiger partial charge is 0.362 e. The van der Waals surface area contributed by atoms with Gasteiger partial charge < -0.3 is 10.6 Å². The van der Waals surface area contributed by atoms with Gasteiger partial charge in [-0.2, -0.15) is 0 Å². The molecule has 2 rings (SSSR count). The van der Waals surface area contributed by atoms with Crippen LogP contribution in [0, 0.1) is 5.82 Å². The molecule has 0 atom stereocenters. The SMILES string of the molecule is Fc1cccc(CCNC(=S)Nc2ncccc2Br)c1. The van der Waals surface area contributed by atoms with Crippen LogP contribution in [0.25, 0.3) is 0 Å². The summed E-state index contributed by atoms with van der Waals surface area (Å²) >= 11 is 8.56. The van der Waals surface area contributed by atoms with Crippen LogP contribution in [0.4, 0.5) is 10.2 Å². The summed E-state index contributed by atoms with van der Waals surface area (Å²) in [5.41, 5.74) is 0.930. The molecule has 0 aliphatic heterocycles. The first-order valence-electron chi connectivity index (χ1n) is 6.05. The van der Waals surface area contributed by atoms with Crippen molar-refractivity contribution in [3.63, 3.8) is 0 Å². The summed E-state index contributed by atoms with van der Waals surface area (Å²) in [7, 11) is 0. The molecule has 3 nitrogen and oxygen atoms in total. The third kappa shape index (κ3) is 4.54. The number of aromatic nitrogens is 1. The topological polar surface area (TPSA) is 37.0 Å². The van der Waals surface area contributed by atoms with Crippen LogP contribution < -0.4 is 10.6 Å². The monoisotopic (exact) mass is 353 g/mol. The van der Waals surface area contributed by atoms with Gasteiger partial charge in [-0.3, -0.25) is 0 Å². The number of nitrogens with zero attached hydrogens (tertiary/aromatic N) is 1. The minimum absolute atomic E-state index is 0.222. The molecule has 6 heteroatoms. The molecule has 104 valence electrons. The van der Waals surface area contributed by atoms with Crippen molar-refractivity contribution in [2.75, 3.05) is 11.9 Å². The summed E-state index contributed by atoms with van der Waals surface area (Å²) in [6, 6.07) is 10.2. The number of thiocarbonyl (C=S) groups is 1. The highest BCUT2D eigenvalue weighted by atomic mass is 79.9. The summed E-state index contributed by atoms with van der Waals surface area (Å²) in [6.45, 7) is 0.625. The molecular weight excluding hydrogens is 341 g/mol. The molecule has 0 spiro atoms. The number of halogens is 2. The zero-order chi connectivity index (χ0) is 14.4. The molecular formula is C14H13BrFN3S. The normalized spacial score (nSPS) is 10.1. The van der Waals surface area contributed by atoms with Gasteiger partial charge in [0.2, 0.25) is 0 Å². The standard InChI is InChI=1S/C14H13BrFN3S/c15-12-5-2-7-17-13(12)19-14(20)18-8-6-10-3-1-4-11(16)9-10/h1-5,7,9H,6,8H2,(H2,17,18,19,20). The molecule has 0 unspecified atom stereocenters. The Morgan fingerprint density at radius 3 is 2.90 bits per heavy atom. The molecule has 0 radical (unpaired) electrons. The molecule has 1 aromatic heterocycles. The van der Waals surface area contributed by atoms with Gasteiger partial charge in [0.15, 0.2) is 5.11 Å². The van der Waals surface area contributed by atoms with Crippen molar-refractivity contribution >= 4 is 39.1 Å². The van der Waals surface area contributed by atoms with Crippen LogP contribution >= 0.6 is 28.1 Å². The highest BCUT2D eigenvalue weighted by Crippen LogP contribution is 2.17. The minimum Gasteiger partial charge on any atom is -0.362 e. The second-order valence-corrected chi connectivity index (χ2v) is 5.36. The van der Waals surface area contributed by atoms with Crippen molar-refractivity contribution in [3.05, 3.63) is 58.4 Å². The van der Waals surface area contributed by atoms with E-state index >= 15 is 0 Å². The minimum atomic E-state index is -0.222. The van der Waals surface area contributed by atoms with Gasteiger partial charge in [0, 0.05) is 12.7 Å². The third-order valence-corrected chi connectivity index (χ3v) is 3.46. The molecule has 0 saturated heterocycles. The van der Waals surface area contributed by atoms with Gasteiger partial charge >= 0.3 is 0 Å². The van der Waals surface area contributed by atoms with E-state index < -0.39 is 0 Å². The van der Waals surface area contributed by atoms with Crippen LogP contribution in [0.1, 0.15) is 5.56 Å². The predicted octanol–water partition coefficient (Wildman–Crippen LogP) is 3.51. The Balaban J connectivity index is 1.80. The molecule has 0 fully saturated rings. The first kappa shape index (κ1) is 14.9. The summed E-state index contributed by atoms with van der Waals surface area (Å²) < 4.78 is 13.9. The third-order valence-electron chi connectivity index (χ3n) is 2.58. The molecule has 20 heavy (non-hydrogen) atoms. The lowest BCUT2D eigenvalue weighted by molar-refractivity contribution is 0.625. The van der Waals surface area contributed by atoms with Crippen molar-refractivity contribution in [2.45, 2.75) is 6.42 Å². The molecule has 0 aliphatic carbocycles. The van der Waals surface area contributed by atoms with Gasteiger partial charge in [-0.25, -0.2) is 9.37 Å². The Kier molecular flexibility index (Phi) is 5.43. The maximum absolute atomic E-state index is 13.0. The maximum atomic E-state index is 13.0. The van der Waals surface area contributed by atoms with Crippen molar-refractivity contribution in [3.8, 4) is 0 Å². The molecule has 0 bridgehead atoms. The Labute approximate surface area is 130 Å². The Morgan fingerprint density at radius 2 is 2.15 bits per heavy atom. The van der Waals surface area contributed by atoms with Crippen LogP contribution in [0.3, 0.4) is 0 Å². The quantitative estimate of drug-likeness (QED) is 0.824. The zero-order valence-electron chi connectivity index (χ0n) is 10.6. The van der Waals surface area contributed by atoms with Crippen LogP contribution in [-0.2, 0) is 6.42 Å². The lowest BCUT2D eigenvalue weighted by atomic mass is 10.1. The summed E-state index contributed by atoms with van der Waals surface area (Å²) in [5, 5.41) is 6.55. The van der Waals surface area contributed by atoms with Crippen LogP contribution in [-0.4, -0.2) is 16.6 Å². The average Bonchev–Trinajstić information content (AvgIpc) is 2.41. The maximum Gasteiger partial charge on any atom is 0.171 e. The van der Waals surface area contributed by atoms with Gasteiger partial charge in [-0.05, 0) is 64.4 Å². The molecule has 1 aromatic carbocycles. The fourth-order valence-electron chi connectivity index (χ4n) is 1.64. The molecule has 0 amide bonds. The van der Waals surface area contributed by atoms with E-state index in [-0.39, 0.29) is 5.82 Å². The number of nitrogens with one attached hydrogen (secondary N) is 2. The predicted molar refractivity (Wildman–Crippen MR) is 86.3 cm³/mol. The molecule has 2 N–H and O–H groups in total. The lowest BCUT2D eigenvalue weighted by Gasteiger charge is -2.10. The number of hydrogen-bond acceptors (Lipinski definition) is 2. The number of pyridine rings is 1. The second-order valence-electron chi connectivity index (χ2n) is 4.09. The van der Waals surface area contributed by atoms with Gasteiger partial charge in [-0.15, -0.1) is 0 Å². The number of rotatable bonds is 4. The summed E-state index contributed by atoms with van der Waals surface area (Å²) in [4.78, 5) is 4.16. The molecule has 0 saturated carbocycles. The van der Waals surface area contributed by atoms with Crippen LogP contribution in [0.5, 0.6) is 0 Å². The first-order valence-corrected chi connectivity index (χ1v) is 7.25. The van der Waals surface area contributed by atoms with Crippen molar-refractivity contribution in [1.82, 2.24) is 10.3 Å². The Bertz CT molecular complexity index is 606. The second kappa shape index (κ2) is 7.31. The highest BCUT2D eigenvalue weighted by molar-refractivity contribution is 9.10. The molecule has 2 aromatic rings. The van der Waals surface area contributed by atoms with E-state index in [4.69, 9.17) is 12.2 Å². The Morgan fingerprint density at radius 1 is 1.30 bits per heavy atom. The van der Waals surface area contributed by atoms with Gasteiger partial charge in [0.25, 0.3) is 0 Å². The van der Waals surface area contributed by atoms with Crippen LogP contribution in [0.15, 0.2) is 47.1 Å². The fourth-order valence-corrected chi connectivity index (χ4v) is 2.20. The Hall–Kier alpha value is -1.53. The van der Waals surface area contributed by atoms with Crippen LogP contribution in [0.2, 0.25) is 0 Å². The first-order chi connectivity index (χ1) is 9.65. The zero-order valence-corrected chi connectivity index (χ0v) is 13.0. The smallest absolute Gasteiger partial charge is 0.171 e. The number of anilines is 1. The van der Waals surface area contributed by atoms with E-state index in [2.05, 4.69) is 31.5 Å². The summed E-state index contributed by atoms with van der Waals surface area (Å²) in [5.74, 6) is 0.441. The van der Waals surface area contributed by atoms with E-state index in [1.165, 1.54) is 12.1 Å². The highest BCUT2D eigenvalue weighted by Gasteiger charge is 2.02. The van der Waals surface area contributed by atoms with Gasteiger partial charge in [-0.1, -0.05) is 12.1 Å². The van der Waals surface area contributed by atoms with Gasteiger partial charge in [0.1, 0.15) is 11.6 Å². The van der Waals surface area contributed by atoms with E-state index in [0.29, 0.717) is 23.9 Å². The molecule has 1 heterocycles. The summed E-state index contributed by atoms with van der Waals surface area (Å²) in [6.07, 6.45) is 2.38. The van der Waals surface area contributed by atoms with Crippen molar-refractivity contribution in [1.29, 1.82) is 0 Å². The van der Waals surface area contributed by atoms with E-state index in [1.54, 1.807) is 12.3 Å². The van der Waals surface area contributed by atoms with Gasteiger partial charge in [0.05, 0.1) is 4.47 Å². The number of hydrogen-bond donors (Lipinski definition) is 2. The average molecular weight is 354 g/mol. The fraction of sp³-hybridized carbons (Fsp3) is 0.143. The van der Waals surface area contributed by atoms with Crippen molar-refractivity contribution < 1.29 is 4.39 Å². The van der Waals surface area contributed by atoms with E-state index in [9.17, 15) is 4.39 Å².